The molecule has 0 radical (unpaired) electrons. The van der Waals surface area contributed by atoms with Gasteiger partial charge in [-0.05, 0) is 34.9 Å². The second-order valence-corrected chi connectivity index (χ2v) is 7.32. The minimum absolute atomic E-state index is 0.103. The maximum absolute atomic E-state index is 6.43. The van der Waals surface area contributed by atoms with E-state index in [1.54, 1.807) is 7.11 Å². The number of fused-ring (bicyclic) bond motifs is 1. The molecule has 0 amide bonds. The van der Waals surface area contributed by atoms with Gasteiger partial charge in [0.1, 0.15) is 10.9 Å². The van der Waals surface area contributed by atoms with Gasteiger partial charge in [-0.15, -0.1) is 0 Å². The van der Waals surface area contributed by atoms with Gasteiger partial charge in [-0.1, -0.05) is 54.1 Å². The summed E-state index contributed by atoms with van der Waals surface area (Å²) in [6, 6.07) is 18.5. The summed E-state index contributed by atoms with van der Waals surface area (Å²) in [5, 5.41) is 0.633. The molecule has 2 heterocycles. The van der Waals surface area contributed by atoms with Crippen LogP contribution in [0.25, 0.3) is 0 Å². The standard InChI is InChI=1S/C21H19Cl2N3O/c1-27-16-9-7-14(8-10-16)11-26-12-17(15-5-3-2-4-6-15)19-18(13-26)20(22)25-21(23)24-19/h2-10,17H,11-13H2,1H3. The number of ether oxygens (including phenoxy) is 1. The Labute approximate surface area is 168 Å². The van der Waals surface area contributed by atoms with Gasteiger partial charge in [0.2, 0.25) is 5.28 Å². The van der Waals surface area contributed by atoms with Gasteiger partial charge in [-0.2, -0.15) is 0 Å². The molecule has 1 unspecified atom stereocenters. The van der Waals surface area contributed by atoms with Gasteiger partial charge in [-0.3, -0.25) is 4.90 Å². The van der Waals surface area contributed by atoms with Crippen LogP contribution in [-0.4, -0.2) is 28.5 Å². The number of methoxy groups -OCH3 is 1. The van der Waals surface area contributed by atoms with Crippen LogP contribution < -0.4 is 4.74 Å². The highest BCUT2D eigenvalue weighted by Crippen LogP contribution is 2.36. The van der Waals surface area contributed by atoms with Crippen molar-refractivity contribution in [3.63, 3.8) is 0 Å². The lowest BCUT2D eigenvalue weighted by Crippen LogP contribution is -2.35. The summed E-state index contributed by atoms with van der Waals surface area (Å²) >= 11 is 12.5. The third-order valence-corrected chi connectivity index (χ3v) is 5.36. The van der Waals surface area contributed by atoms with Crippen molar-refractivity contribution in [2.45, 2.75) is 19.0 Å². The fraction of sp³-hybridized carbons (Fsp3) is 0.238. The summed E-state index contributed by atoms with van der Waals surface area (Å²) in [6.45, 7) is 2.35. The lowest BCUT2D eigenvalue weighted by atomic mass is 9.89. The third kappa shape index (κ3) is 3.93. The molecule has 1 aliphatic heterocycles. The topological polar surface area (TPSA) is 38.2 Å². The van der Waals surface area contributed by atoms with Crippen molar-refractivity contribution >= 4 is 23.2 Å². The predicted octanol–water partition coefficient (Wildman–Crippen LogP) is 4.94. The van der Waals surface area contributed by atoms with Gasteiger partial charge in [0.15, 0.2) is 0 Å². The molecule has 0 saturated carbocycles. The van der Waals surface area contributed by atoms with Crippen LogP contribution >= 0.6 is 23.2 Å². The molecule has 1 atom stereocenters. The molecule has 27 heavy (non-hydrogen) atoms. The maximum atomic E-state index is 6.43. The number of aromatic nitrogens is 2. The van der Waals surface area contributed by atoms with Crippen LogP contribution in [0.4, 0.5) is 0 Å². The fourth-order valence-corrected chi connectivity index (χ4v) is 4.03. The first kappa shape index (κ1) is 18.2. The summed E-state index contributed by atoms with van der Waals surface area (Å²) in [6.07, 6.45) is 0. The maximum Gasteiger partial charge on any atom is 0.224 e. The molecule has 0 saturated heterocycles. The van der Waals surface area contributed by atoms with Crippen LogP contribution in [0.3, 0.4) is 0 Å². The third-order valence-electron chi connectivity index (χ3n) is 4.88. The molecule has 138 valence electrons. The molecular formula is C21H19Cl2N3O. The zero-order chi connectivity index (χ0) is 18.8. The largest absolute Gasteiger partial charge is 0.497 e. The van der Waals surface area contributed by atoms with Crippen molar-refractivity contribution in [2.75, 3.05) is 13.7 Å². The molecule has 3 aromatic rings. The Kier molecular flexibility index (Phi) is 5.30. The summed E-state index contributed by atoms with van der Waals surface area (Å²) in [5.74, 6) is 0.960. The molecule has 4 nitrogen and oxygen atoms in total. The zero-order valence-electron chi connectivity index (χ0n) is 14.9. The highest BCUT2D eigenvalue weighted by Gasteiger charge is 2.30. The van der Waals surface area contributed by atoms with Crippen molar-refractivity contribution in [2.24, 2.45) is 0 Å². The smallest absolute Gasteiger partial charge is 0.224 e. The van der Waals surface area contributed by atoms with E-state index in [4.69, 9.17) is 27.9 Å². The normalized spacial score (nSPS) is 16.8. The minimum Gasteiger partial charge on any atom is -0.497 e. The zero-order valence-corrected chi connectivity index (χ0v) is 16.4. The lowest BCUT2D eigenvalue weighted by Gasteiger charge is -2.34. The fourth-order valence-electron chi connectivity index (χ4n) is 3.57. The molecular weight excluding hydrogens is 381 g/mol. The quantitative estimate of drug-likeness (QED) is 0.459. The molecule has 0 aliphatic carbocycles. The Hall–Kier alpha value is -2.14. The Morgan fingerprint density at radius 2 is 1.78 bits per heavy atom. The first-order valence-corrected chi connectivity index (χ1v) is 9.51. The van der Waals surface area contributed by atoms with Crippen LogP contribution in [0.15, 0.2) is 54.6 Å². The van der Waals surface area contributed by atoms with Gasteiger partial charge < -0.3 is 4.74 Å². The first-order valence-electron chi connectivity index (χ1n) is 8.76. The van der Waals surface area contributed by atoms with Gasteiger partial charge in [-0.25, -0.2) is 9.97 Å². The lowest BCUT2D eigenvalue weighted by molar-refractivity contribution is 0.229. The molecule has 2 aromatic carbocycles. The minimum atomic E-state index is 0.103. The molecule has 6 heteroatoms. The van der Waals surface area contributed by atoms with Crippen LogP contribution in [-0.2, 0) is 13.1 Å². The van der Waals surface area contributed by atoms with Crippen LogP contribution in [0.2, 0.25) is 10.4 Å². The number of benzene rings is 2. The number of rotatable bonds is 4. The summed E-state index contributed by atoms with van der Waals surface area (Å²) in [4.78, 5) is 11.0. The van der Waals surface area contributed by atoms with Gasteiger partial charge in [0, 0.05) is 31.1 Å². The molecule has 0 fully saturated rings. The number of halogens is 2. The Morgan fingerprint density at radius 1 is 1.04 bits per heavy atom. The SMILES string of the molecule is COc1ccc(CN2Cc3c(Cl)nc(Cl)nc3C(c3ccccc3)C2)cc1. The average molecular weight is 400 g/mol. The Balaban J connectivity index is 1.67. The second kappa shape index (κ2) is 7.85. The van der Waals surface area contributed by atoms with Gasteiger partial charge >= 0.3 is 0 Å². The monoisotopic (exact) mass is 399 g/mol. The van der Waals surface area contributed by atoms with E-state index in [-0.39, 0.29) is 11.2 Å². The summed E-state index contributed by atoms with van der Waals surface area (Å²) in [5.41, 5.74) is 4.30. The Bertz CT molecular complexity index is 932. The molecule has 4 rings (SSSR count). The first-order chi connectivity index (χ1) is 13.1. The van der Waals surface area contributed by atoms with Crippen LogP contribution in [0.5, 0.6) is 5.75 Å². The van der Waals surface area contributed by atoms with Crippen molar-refractivity contribution < 1.29 is 4.74 Å². The molecule has 0 spiro atoms. The van der Waals surface area contributed by atoms with Crippen molar-refractivity contribution in [1.82, 2.24) is 14.9 Å². The van der Waals surface area contributed by atoms with E-state index < -0.39 is 0 Å². The van der Waals surface area contributed by atoms with E-state index in [2.05, 4.69) is 39.1 Å². The van der Waals surface area contributed by atoms with Gasteiger partial charge in [0.05, 0.1) is 12.8 Å². The van der Waals surface area contributed by atoms with Crippen molar-refractivity contribution in [3.8, 4) is 5.75 Å². The average Bonchev–Trinajstić information content (AvgIpc) is 2.69. The number of nitrogens with zero attached hydrogens (tertiary/aromatic N) is 3. The number of hydrogen-bond donors (Lipinski definition) is 0. The molecule has 1 aromatic heterocycles. The summed E-state index contributed by atoms with van der Waals surface area (Å²) < 4.78 is 5.25. The van der Waals surface area contributed by atoms with E-state index in [0.717, 1.165) is 30.1 Å². The molecule has 0 N–H and O–H groups in total. The van der Waals surface area contributed by atoms with Crippen molar-refractivity contribution in [1.29, 1.82) is 0 Å². The Morgan fingerprint density at radius 3 is 2.48 bits per heavy atom. The van der Waals surface area contributed by atoms with E-state index in [1.165, 1.54) is 11.1 Å². The van der Waals surface area contributed by atoms with E-state index in [0.29, 0.717) is 11.7 Å². The molecule has 0 bridgehead atoms. The summed E-state index contributed by atoms with van der Waals surface area (Å²) in [7, 11) is 1.67. The van der Waals surface area contributed by atoms with Gasteiger partial charge in [0.25, 0.3) is 0 Å². The van der Waals surface area contributed by atoms with Crippen LogP contribution in [0, 0.1) is 0 Å². The highest BCUT2D eigenvalue weighted by atomic mass is 35.5. The van der Waals surface area contributed by atoms with Crippen LogP contribution in [0.1, 0.15) is 28.3 Å². The van der Waals surface area contributed by atoms with E-state index in [9.17, 15) is 0 Å². The van der Waals surface area contributed by atoms with E-state index in [1.807, 2.05) is 30.3 Å². The van der Waals surface area contributed by atoms with E-state index >= 15 is 0 Å². The van der Waals surface area contributed by atoms with Crippen molar-refractivity contribution in [3.05, 3.63) is 87.4 Å². The second-order valence-electron chi connectivity index (χ2n) is 6.63. The molecule has 1 aliphatic rings. The number of hydrogen-bond acceptors (Lipinski definition) is 4. The predicted molar refractivity (Wildman–Crippen MR) is 107 cm³/mol. The highest BCUT2D eigenvalue weighted by molar-refractivity contribution is 6.32.